The maximum atomic E-state index is 2.54. The third kappa shape index (κ3) is 3.56. The fourth-order valence-electron chi connectivity index (χ4n) is 8.79. The Balaban J connectivity index is 1.73. The second-order valence-corrected chi connectivity index (χ2v) is 12.5. The molecule has 0 saturated carbocycles. The Morgan fingerprint density at radius 2 is 0.881 bits per heavy atom. The molecule has 1 heteroatoms. The van der Waals surface area contributed by atoms with Gasteiger partial charge < -0.3 is 0 Å². The minimum atomic E-state index is -0.390. The van der Waals surface area contributed by atoms with Crippen molar-refractivity contribution in [2.75, 3.05) is 0 Å². The number of benzene rings is 5. The summed E-state index contributed by atoms with van der Waals surface area (Å²) in [7, 11) is 0. The lowest BCUT2D eigenvalue weighted by molar-refractivity contribution is 0.913. The monoisotopic (exact) mass is 540 g/mol. The lowest BCUT2D eigenvalue weighted by atomic mass is 9.21. The zero-order valence-corrected chi connectivity index (χ0v) is 25.3. The van der Waals surface area contributed by atoms with Gasteiger partial charge in [-0.2, -0.15) is 0 Å². The van der Waals surface area contributed by atoms with Crippen LogP contribution in [-0.2, 0) is 5.31 Å². The predicted molar refractivity (Wildman–Crippen MR) is 181 cm³/mol. The van der Waals surface area contributed by atoms with E-state index in [2.05, 4.69) is 168 Å². The first kappa shape index (κ1) is 26.5. The van der Waals surface area contributed by atoms with Crippen LogP contribution in [0.1, 0.15) is 52.8 Å². The van der Waals surface area contributed by atoms with Gasteiger partial charge in [0.05, 0.1) is 0 Å². The standard InChI is InChI=1S/C41H37B/c1-28-26-29(2)39(30(3)27-28)42-40(5)31(4)36(32-18-10-6-11-19-32)41(42,35-24-16-9-17-25-35)38(34-22-14-8-15-23-34)37(40)33-20-12-7-13-21-33/h6-27H,1-5H3. The summed E-state index contributed by atoms with van der Waals surface area (Å²) >= 11 is 0. The molecule has 0 aromatic heterocycles. The summed E-state index contributed by atoms with van der Waals surface area (Å²) in [6, 6.07) is 49.7. The van der Waals surface area contributed by atoms with Gasteiger partial charge in [-0.25, -0.2) is 0 Å². The molecule has 0 saturated heterocycles. The molecule has 2 heterocycles. The molecule has 204 valence electrons. The summed E-state index contributed by atoms with van der Waals surface area (Å²) in [6.45, 7) is 12.0. The lowest BCUT2D eigenvalue weighted by Gasteiger charge is -2.40. The Labute approximate surface area is 251 Å². The predicted octanol–water partition coefficient (Wildman–Crippen LogP) is 9.66. The lowest BCUT2D eigenvalue weighted by Crippen LogP contribution is -2.52. The summed E-state index contributed by atoms with van der Waals surface area (Å²) in [4.78, 5) is 0. The molecular formula is C41H37B. The highest BCUT2D eigenvalue weighted by Crippen LogP contribution is 2.76. The van der Waals surface area contributed by atoms with Gasteiger partial charge in [-0.3, -0.25) is 0 Å². The van der Waals surface area contributed by atoms with Crippen LogP contribution >= 0.6 is 0 Å². The third-order valence-electron chi connectivity index (χ3n) is 10.2. The molecule has 0 spiro atoms. The quantitative estimate of drug-likeness (QED) is 0.195. The van der Waals surface area contributed by atoms with Crippen molar-refractivity contribution < 1.29 is 0 Å². The van der Waals surface area contributed by atoms with Crippen molar-refractivity contribution in [1.82, 2.24) is 0 Å². The molecule has 0 fully saturated rings. The largest absolute Gasteiger partial charge is 0.213 e. The normalized spacial score (nSPS) is 21.4. The van der Waals surface area contributed by atoms with Gasteiger partial charge in [0.1, 0.15) is 0 Å². The Hall–Kier alpha value is -4.36. The van der Waals surface area contributed by atoms with Gasteiger partial charge in [-0.1, -0.05) is 168 Å². The average Bonchev–Trinajstić information content (AvgIpc) is 3.36. The fraction of sp³-hybridized carbons (Fsp3) is 0.171. The molecule has 2 bridgehead atoms. The minimum absolute atomic E-state index is 0.189. The SMILES string of the molecule is CC1=C(c2ccccc2)C2(c3ccccc3)B(c3c(C)cc(C)cc3C)C1(C)C(c1ccccc1)=C2c1ccccc1. The van der Waals surface area contributed by atoms with E-state index in [1.54, 1.807) is 0 Å². The number of fused-ring (bicyclic) bond motifs is 2. The van der Waals surface area contributed by atoms with Crippen molar-refractivity contribution in [1.29, 1.82) is 0 Å². The molecule has 42 heavy (non-hydrogen) atoms. The topological polar surface area (TPSA) is 0 Å². The third-order valence-corrected chi connectivity index (χ3v) is 10.2. The van der Waals surface area contributed by atoms with Crippen LogP contribution in [0.2, 0.25) is 5.31 Å². The van der Waals surface area contributed by atoms with Gasteiger partial charge in [0.25, 0.3) is 0 Å². The number of aryl methyl sites for hydroxylation is 3. The van der Waals surface area contributed by atoms with Crippen LogP contribution in [-0.4, -0.2) is 6.71 Å². The first-order chi connectivity index (χ1) is 20.4. The first-order valence-electron chi connectivity index (χ1n) is 15.2. The van der Waals surface area contributed by atoms with E-state index in [1.165, 1.54) is 66.7 Å². The van der Waals surface area contributed by atoms with Gasteiger partial charge in [-0.15, -0.1) is 0 Å². The van der Waals surface area contributed by atoms with Gasteiger partial charge in [0.15, 0.2) is 0 Å². The summed E-state index contributed by atoms with van der Waals surface area (Å²) in [5, 5.41) is -0.628. The smallest absolute Gasteiger partial charge is 0.0711 e. The molecule has 0 radical (unpaired) electrons. The molecule has 5 aromatic rings. The van der Waals surface area contributed by atoms with E-state index in [0.29, 0.717) is 0 Å². The highest BCUT2D eigenvalue weighted by atomic mass is 14.6. The van der Waals surface area contributed by atoms with Gasteiger partial charge in [0, 0.05) is 5.31 Å². The number of rotatable bonds is 5. The van der Waals surface area contributed by atoms with E-state index < -0.39 is 5.31 Å². The molecule has 0 aliphatic carbocycles. The summed E-state index contributed by atoms with van der Waals surface area (Å²) in [5.41, 5.74) is 16.7. The highest BCUT2D eigenvalue weighted by molar-refractivity contribution is 6.89. The maximum absolute atomic E-state index is 2.54. The van der Waals surface area contributed by atoms with Crippen molar-refractivity contribution in [3.63, 3.8) is 0 Å². The van der Waals surface area contributed by atoms with Gasteiger partial charge in [-0.05, 0) is 72.0 Å². The van der Waals surface area contributed by atoms with Crippen LogP contribution in [0.5, 0.6) is 0 Å². The van der Waals surface area contributed by atoms with Gasteiger partial charge >= 0.3 is 0 Å². The molecule has 2 aliphatic rings. The summed E-state index contributed by atoms with van der Waals surface area (Å²) < 4.78 is 0. The van der Waals surface area contributed by atoms with Crippen molar-refractivity contribution in [2.45, 2.75) is 45.2 Å². The molecule has 2 atom stereocenters. The first-order valence-corrected chi connectivity index (χ1v) is 15.2. The Morgan fingerprint density at radius 1 is 0.476 bits per heavy atom. The Bertz CT molecular complexity index is 1830. The summed E-state index contributed by atoms with van der Waals surface area (Å²) in [5.74, 6) is 0. The highest BCUT2D eigenvalue weighted by Gasteiger charge is 2.70. The zero-order valence-electron chi connectivity index (χ0n) is 25.3. The van der Waals surface area contributed by atoms with E-state index in [4.69, 9.17) is 0 Å². The van der Waals surface area contributed by atoms with E-state index >= 15 is 0 Å². The van der Waals surface area contributed by atoms with Crippen LogP contribution in [0.25, 0.3) is 16.7 Å². The molecule has 7 rings (SSSR count). The van der Waals surface area contributed by atoms with E-state index in [1.807, 2.05) is 0 Å². The van der Waals surface area contributed by atoms with Crippen LogP contribution in [0, 0.1) is 20.8 Å². The number of hydrogen-bond acceptors (Lipinski definition) is 0. The average molecular weight is 541 g/mol. The molecule has 0 N–H and O–H groups in total. The van der Waals surface area contributed by atoms with Crippen molar-refractivity contribution in [3.05, 3.63) is 178 Å². The second-order valence-electron chi connectivity index (χ2n) is 12.5. The van der Waals surface area contributed by atoms with Gasteiger partial charge in [0.2, 0.25) is 6.71 Å². The summed E-state index contributed by atoms with van der Waals surface area (Å²) in [6.07, 6.45) is 0. The fourth-order valence-corrected chi connectivity index (χ4v) is 8.79. The van der Waals surface area contributed by atoms with Crippen LogP contribution in [0.4, 0.5) is 0 Å². The van der Waals surface area contributed by atoms with Crippen LogP contribution in [0.3, 0.4) is 0 Å². The molecule has 2 aliphatic heterocycles. The Kier molecular flexibility index (Phi) is 6.24. The van der Waals surface area contributed by atoms with Crippen LogP contribution in [0.15, 0.2) is 139 Å². The second kappa shape index (κ2) is 9.88. The molecule has 5 aromatic carbocycles. The molecular weight excluding hydrogens is 503 g/mol. The molecule has 2 unspecified atom stereocenters. The molecule has 0 amide bonds. The van der Waals surface area contributed by atoms with E-state index in [0.717, 1.165) is 0 Å². The van der Waals surface area contributed by atoms with E-state index in [-0.39, 0.29) is 12.0 Å². The van der Waals surface area contributed by atoms with Crippen molar-refractivity contribution in [3.8, 4) is 0 Å². The molecule has 0 nitrogen and oxygen atoms in total. The number of allylic oxidation sites excluding steroid dienone is 4. The minimum Gasteiger partial charge on any atom is -0.0711 e. The maximum Gasteiger partial charge on any atom is 0.213 e. The van der Waals surface area contributed by atoms with Crippen LogP contribution < -0.4 is 5.46 Å². The van der Waals surface area contributed by atoms with E-state index in [9.17, 15) is 0 Å². The van der Waals surface area contributed by atoms with Crippen molar-refractivity contribution in [2.24, 2.45) is 0 Å². The number of hydrogen-bond donors (Lipinski definition) is 0. The zero-order chi connectivity index (χ0) is 29.1. The van der Waals surface area contributed by atoms with Crippen molar-refractivity contribution >= 4 is 28.9 Å². The Morgan fingerprint density at radius 3 is 1.36 bits per heavy atom.